The number of rotatable bonds is 2. The van der Waals surface area contributed by atoms with Crippen LogP contribution in [0.2, 0.25) is 0 Å². The Hall–Kier alpha value is 0.210. The first-order valence-electron chi connectivity index (χ1n) is 3.46. The van der Waals surface area contributed by atoms with Crippen LogP contribution in [-0.2, 0) is 4.74 Å². The molecule has 0 fully saturated rings. The average Bonchev–Trinajstić information content (AvgIpc) is 1.98. The summed E-state index contributed by atoms with van der Waals surface area (Å²) in [5, 5.41) is 0.926. The molecule has 0 N–H and O–H groups in total. The lowest BCUT2D eigenvalue weighted by Crippen LogP contribution is -1.98. The summed E-state index contributed by atoms with van der Waals surface area (Å²) in [7, 11) is 1.67. The Morgan fingerprint density at radius 2 is 2.36 bits per heavy atom. The van der Waals surface area contributed by atoms with E-state index >= 15 is 0 Å². The van der Waals surface area contributed by atoms with Crippen LogP contribution in [-0.4, -0.2) is 13.7 Å². The molecule has 0 heterocycles. The van der Waals surface area contributed by atoms with Gasteiger partial charge in [0, 0.05) is 12.1 Å². The first-order valence-corrected chi connectivity index (χ1v) is 4.63. The van der Waals surface area contributed by atoms with Crippen LogP contribution < -0.4 is 0 Å². The molecule has 62 valence electrons. The molecule has 0 aromatic carbocycles. The Kier molecular flexibility index (Phi) is 3.63. The van der Waals surface area contributed by atoms with Crippen molar-refractivity contribution in [3.8, 4) is 0 Å². The second kappa shape index (κ2) is 4.29. The minimum Gasteiger partial charge on any atom is -0.380 e. The number of allylic oxidation sites excluding steroid dienone is 2. The minimum atomic E-state index is 0.605. The van der Waals surface area contributed by atoms with Crippen molar-refractivity contribution in [1.29, 1.82) is 0 Å². The maximum atomic E-state index is 5.96. The molecule has 0 saturated carbocycles. The van der Waals surface area contributed by atoms with Crippen LogP contribution in [0.5, 0.6) is 0 Å². The van der Waals surface area contributed by atoms with Gasteiger partial charge >= 0.3 is 0 Å². The maximum absolute atomic E-state index is 5.96. The van der Waals surface area contributed by atoms with Gasteiger partial charge in [0.1, 0.15) is 0 Å². The van der Waals surface area contributed by atoms with Crippen LogP contribution in [0.25, 0.3) is 0 Å². The van der Waals surface area contributed by atoms with Crippen molar-refractivity contribution in [2.24, 2.45) is 0 Å². The van der Waals surface area contributed by atoms with Crippen molar-refractivity contribution in [2.75, 3.05) is 13.7 Å². The summed E-state index contributed by atoms with van der Waals surface area (Å²) in [5.74, 6) is 0. The summed E-state index contributed by atoms with van der Waals surface area (Å²) in [5.41, 5.74) is 1.09. The smallest absolute Gasteiger partial charge is 0.0724 e. The molecule has 1 aliphatic carbocycles. The normalized spacial score (nSPS) is 18.6. The molecule has 1 nitrogen and oxygen atoms in total. The molecule has 0 aromatic rings. The molecule has 0 aromatic heterocycles. The molecule has 0 atom stereocenters. The Morgan fingerprint density at radius 3 is 3.00 bits per heavy atom. The number of ether oxygens (including phenoxy) is 1. The zero-order chi connectivity index (χ0) is 8.27. The molecule has 0 bridgehead atoms. The van der Waals surface area contributed by atoms with Crippen molar-refractivity contribution in [3.63, 3.8) is 0 Å². The van der Waals surface area contributed by atoms with Crippen LogP contribution in [0.1, 0.15) is 12.8 Å². The van der Waals surface area contributed by atoms with Crippen molar-refractivity contribution < 1.29 is 4.74 Å². The Bertz CT molecular complexity index is 208. The summed E-state index contributed by atoms with van der Waals surface area (Å²) in [4.78, 5) is 0. The summed E-state index contributed by atoms with van der Waals surface area (Å²) in [6.07, 6.45) is 3.97. The molecule has 1 aliphatic rings. The molecule has 0 amide bonds. The second-order valence-corrected chi connectivity index (χ2v) is 3.93. The molecule has 0 radical (unpaired) electrons. The van der Waals surface area contributed by atoms with Gasteiger partial charge in [-0.3, -0.25) is 0 Å². The van der Waals surface area contributed by atoms with E-state index in [0.717, 1.165) is 23.4 Å². The molecular formula is C8H10BrClO. The van der Waals surface area contributed by atoms with Gasteiger partial charge in [-0.05, 0) is 29.0 Å². The zero-order valence-electron chi connectivity index (χ0n) is 6.36. The number of hydrogen-bond donors (Lipinski definition) is 0. The fourth-order valence-electron chi connectivity index (χ4n) is 1.00. The van der Waals surface area contributed by atoms with Crippen molar-refractivity contribution in [2.45, 2.75) is 12.8 Å². The van der Waals surface area contributed by atoms with E-state index in [1.54, 1.807) is 7.11 Å². The lowest BCUT2D eigenvalue weighted by Gasteiger charge is -2.11. The molecule has 11 heavy (non-hydrogen) atoms. The highest BCUT2D eigenvalue weighted by atomic mass is 79.9. The van der Waals surface area contributed by atoms with E-state index in [4.69, 9.17) is 16.3 Å². The third-order valence-corrected chi connectivity index (χ3v) is 2.62. The van der Waals surface area contributed by atoms with Gasteiger partial charge in [0.05, 0.1) is 6.61 Å². The molecule has 0 aliphatic heterocycles. The van der Waals surface area contributed by atoms with Crippen LogP contribution >= 0.6 is 27.5 Å². The van der Waals surface area contributed by atoms with E-state index in [9.17, 15) is 0 Å². The topological polar surface area (TPSA) is 9.23 Å². The molecule has 0 unspecified atom stereocenters. The Morgan fingerprint density at radius 1 is 1.64 bits per heavy atom. The highest BCUT2D eigenvalue weighted by Crippen LogP contribution is 2.29. The fraction of sp³-hybridized carbons (Fsp3) is 0.500. The van der Waals surface area contributed by atoms with Gasteiger partial charge < -0.3 is 4.74 Å². The van der Waals surface area contributed by atoms with Crippen LogP contribution in [0.3, 0.4) is 0 Å². The van der Waals surface area contributed by atoms with E-state index < -0.39 is 0 Å². The monoisotopic (exact) mass is 236 g/mol. The van der Waals surface area contributed by atoms with Crippen LogP contribution in [0.4, 0.5) is 0 Å². The number of halogens is 2. The third-order valence-electron chi connectivity index (χ3n) is 1.56. The van der Waals surface area contributed by atoms with Crippen molar-refractivity contribution in [3.05, 3.63) is 21.2 Å². The molecule has 0 saturated heterocycles. The molecule has 1 rings (SSSR count). The van der Waals surface area contributed by atoms with Gasteiger partial charge in [0.2, 0.25) is 0 Å². The van der Waals surface area contributed by atoms with Gasteiger partial charge in [-0.15, -0.1) is 0 Å². The fourth-order valence-corrected chi connectivity index (χ4v) is 1.68. The summed E-state index contributed by atoms with van der Waals surface area (Å²) >= 11 is 9.40. The summed E-state index contributed by atoms with van der Waals surface area (Å²) in [6, 6.07) is 0. The molecular weight excluding hydrogens is 227 g/mol. The largest absolute Gasteiger partial charge is 0.380 e. The van der Waals surface area contributed by atoms with Crippen LogP contribution in [0.15, 0.2) is 21.2 Å². The molecule has 3 heteroatoms. The van der Waals surface area contributed by atoms with Gasteiger partial charge in [-0.25, -0.2) is 0 Å². The number of hydrogen-bond acceptors (Lipinski definition) is 1. The summed E-state index contributed by atoms with van der Waals surface area (Å²) < 4.78 is 6.20. The van der Waals surface area contributed by atoms with Gasteiger partial charge in [-0.2, -0.15) is 0 Å². The zero-order valence-corrected chi connectivity index (χ0v) is 8.70. The van der Waals surface area contributed by atoms with E-state index in [1.165, 1.54) is 4.48 Å². The van der Waals surface area contributed by atoms with Gasteiger partial charge in [-0.1, -0.05) is 27.5 Å². The molecule has 0 spiro atoms. The SMILES string of the molecule is COCC1=C(Cl)CCC(Br)=C1. The second-order valence-electron chi connectivity index (χ2n) is 2.45. The minimum absolute atomic E-state index is 0.605. The predicted octanol–water partition coefficient (Wildman–Crippen LogP) is 3.20. The lowest BCUT2D eigenvalue weighted by atomic mass is 10.1. The predicted molar refractivity (Wildman–Crippen MR) is 51.0 cm³/mol. The highest BCUT2D eigenvalue weighted by Gasteiger charge is 2.09. The quantitative estimate of drug-likeness (QED) is 0.717. The highest BCUT2D eigenvalue weighted by molar-refractivity contribution is 9.11. The van der Waals surface area contributed by atoms with Crippen LogP contribution in [0, 0.1) is 0 Å². The van der Waals surface area contributed by atoms with Crippen molar-refractivity contribution in [1.82, 2.24) is 0 Å². The Labute approximate surface area is 80.2 Å². The first kappa shape index (κ1) is 9.30. The third kappa shape index (κ3) is 2.62. The standard InChI is InChI=1S/C8H10BrClO/c1-11-5-6-4-7(9)2-3-8(6)10/h4H,2-3,5H2,1H3. The Balaban J connectivity index is 2.71. The van der Waals surface area contributed by atoms with E-state index in [0.29, 0.717) is 6.61 Å². The average molecular weight is 238 g/mol. The van der Waals surface area contributed by atoms with E-state index in [2.05, 4.69) is 15.9 Å². The van der Waals surface area contributed by atoms with Gasteiger partial charge in [0.25, 0.3) is 0 Å². The number of methoxy groups -OCH3 is 1. The summed E-state index contributed by atoms with van der Waals surface area (Å²) in [6.45, 7) is 0.605. The van der Waals surface area contributed by atoms with Crippen molar-refractivity contribution >= 4 is 27.5 Å². The van der Waals surface area contributed by atoms with E-state index in [-0.39, 0.29) is 0 Å². The lowest BCUT2D eigenvalue weighted by molar-refractivity contribution is 0.227. The maximum Gasteiger partial charge on any atom is 0.0724 e. The first-order chi connectivity index (χ1) is 5.24. The van der Waals surface area contributed by atoms with Gasteiger partial charge in [0.15, 0.2) is 0 Å². The van der Waals surface area contributed by atoms with E-state index in [1.807, 2.05) is 6.08 Å².